The van der Waals surface area contributed by atoms with Gasteiger partial charge >= 0.3 is 5.97 Å². The average Bonchev–Trinajstić information content (AvgIpc) is 2.51. The summed E-state index contributed by atoms with van der Waals surface area (Å²) >= 11 is 0. The number of carbonyl (C=O) groups is 1. The zero-order valence-corrected chi connectivity index (χ0v) is 8.47. The maximum atomic E-state index is 11.2. The van der Waals surface area contributed by atoms with E-state index < -0.39 is 5.97 Å². The van der Waals surface area contributed by atoms with Gasteiger partial charge in [0.2, 0.25) is 0 Å². The Labute approximate surface area is 91.3 Å². The van der Waals surface area contributed by atoms with Gasteiger partial charge in [-0.15, -0.1) is 0 Å². The number of phenols is 2. The Morgan fingerprint density at radius 2 is 2.06 bits per heavy atom. The third-order valence-corrected chi connectivity index (χ3v) is 2.03. The molecule has 0 amide bonds. The molecule has 0 radical (unpaired) electrons. The van der Waals surface area contributed by atoms with Crippen molar-refractivity contribution in [1.82, 2.24) is 0 Å². The van der Waals surface area contributed by atoms with E-state index in [0.29, 0.717) is 11.5 Å². The Kier molecular flexibility index (Phi) is 2.36. The molecule has 0 saturated heterocycles. The number of nitrogens with zero attached hydrogens (tertiary/aromatic N) is 1. The third-order valence-electron chi connectivity index (χ3n) is 2.03. The van der Waals surface area contributed by atoms with E-state index in [4.69, 9.17) is 9.84 Å². The van der Waals surface area contributed by atoms with Crippen molar-refractivity contribution in [3.05, 3.63) is 29.5 Å². The number of esters is 1. The van der Waals surface area contributed by atoms with Crippen LogP contribution in [0.5, 0.6) is 11.5 Å². The maximum absolute atomic E-state index is 11.2. The van der Waals surface area contributed by atoms with Crippen molar-refractivity contribution in [3.63, 3.8) is 0 Å². The van der Waals surface area contributed by atoms with Gasteiger partial charge in [0.15, 0.2) is 23.1 Å². The Morgan fingerprint density at radius 3 is 2.62 bits per heavy atom. The molecular formula is C11H9NO4. The Morgan fingerprint density at radius 1 is 1.31 bits per heavy atom. The van der Waals surface area contributed by atoms with Crippen LogP contribution in [-0.4, -0.2) is 22.1 Å². The monoisotopic (exact) mass is 219 g/mol. The van der Waals surface area contributed by atoms with Crippen LogP contribution in [0.15, 0.2) is 28.9 Å². The number of aliphatic imine (C=N–C) groups is 1. The number of benzene rings is 1. The first-order valence-electron chi connectivity index (χ1n) is 4.57. The van der Waals surface area contributed by atoms with Crippen LogP contribution in [0.25, 0.3) is 6.08 Å². The molecule has 0 aromatic heterocycles. The highest BCUT2D eigenvalue weighted by Crippen LogP contribution is 2.26. The molecule has 1 aliphatic heterocycles. The molecule has 5 nitrogen and oxygen atoms in total. The minimum absolute atomic E-state index is 0.169. The van der Waals surface area contributed by atoms with Gasteiger partial charge in [-0.2, -0.15) is 0 Å². The molecular weight excluding hydrogens is 210 g/mol. The number of aromatic hydroxyl groups is 2. The molecule has 0 spiro atoms. The first kappa shape index (κ1) is 10.2. The molecule has 0 atom stereocenters. The molecule has 5 heteroatoms. The van der Waals surface area contributed by atoms with Gasteiger partial charge in [-0.1, -0.05) is 6.07 Å². The Hall–Kier alpha value is -2.30. The lowest BCUT2D eigenvalue weighted by molar-refractivity contribution is -0.130. The lowest BCUT2D eigenvalue weighted by atomic mass is 10.1. The molecule has 0 bridgehead atoms. The van der Waals surface area contributed by atoms with E-state index in [9.17, 15) is 9.90 Å². The minimum atomic E-state index is -0.523. The van der Waals surface area contributed by atoms with Crippen LogP contribution >= 0.6 is 0 Å². The van der Waals surface area contributed by atoms with Gasteiger partial charge in [-0.25, -0.2) is 9.79 Å². The van der Waals surface area contributed by atoms with E-state index in [0.717, 1.165) is 0 Å². The summed E-state index contributed by atoms with van der Waals surface area (Å²) in [6.07, 6.45) is 1.47. The summed E-state index contributed by atoms with van der Waals surface area (Å²) in [5, 5.41) is 18.4. The molecule has 1 aromatic rings. The zero-order chi connectivity index (χ0) is 11.7. The zero-order valence-electron chi connectivity index (χ0n) is 8.47. The van der Waals surface area contributed by atoms with Gasteiger partial charge in [-0.05, 0) is 23.8 Å². The van der Waals surface area contributed by atoms with Gasteiger partial charge in [0, 0.05) is 6.92 Å². The molecule has 82 valence electrons. The van der Waals surface area contributed by atoms with Crippen molar-refractivity contribution >= 4 is 17.9 Å². The number of carbonyl (C=O) groups excluding carboxylic acids is 1. The standard InChI is InChI=1S/C11H9NO4/c1-6-12-8(11(15)16-6)4-7-2-3-9(13)10(14)5-7/h2-5,13-14H,1H3/b8-4-. The first-order valence-corrected chi connectivity index (χ1v) is 4.57. The Balaban J connectivity index is 2.36. The molecule has 0 unspecified atom stereocenters. The molecule has 2 rings (SSSR count). The molecule has 2 N–H and O–H groups in total. The summed E-state index contributed by atoms with van der Waals surface area (Å²) in [6, 6.07) is 4.22. The topological polar surface area (TPSA) is 79.1 Å². The van der Waals surface area contributed by atoms with Gasteiger partial charge in [0.05, 0.1) is 0 Å². The predicted molar refractivity (Wildman–Crippen MR) is 56.9 cm³/mol. The van der Waals surface area contributed by atoms with Crippen molar-refractivity contribution in [2.75, 3.05) is 0 Å². The van der Waals surface area contributed by atoms with Gasteiger partial charge < -0.3 is 14.9 Å². The van der Waals surface area contributed by atoms with Gasteiger partial charge in [0.1, 0.15) is 0 Å². The largest absolute Gasteiger partial charge is 0.504 e. The van der Waals surface area contributed by atoms with Crippen molar-refractivity contribution in [2.24, 2.45) is 4.99 Å². The van der Waals surface area contributed by atoms with Crippen LogP contribution in [0.2, 0.25) is 0 Å². The summed E-state index contributed by atoms with van der Waals surface area (Å²) in [6.45, 7) is 1.58. The molecule has 1 aliphatic rings. The third kappa shape index (κ3) is 1.88. The fourth-order valence-corrected chi connectivity index (χ4v) is 1.30. The first-order chi connectivity index (χ1) is 7.56. The van der Waals surface area contributed by atoms with Crippen molar-refractivity contribution in [2.45, 2.75) is 6.92 Å². The van der Waals surface area contributed by atoms with E-state index in [1.807, 2.05) is 0 Å². The number of cyclic esters (lactones) is 1. The van der Waals surface area contributed by atoms with Crippen molar-refractivity contribution in [1.29, 1.82) is 0 Å². The van der Waals surface area contributed by atoms with Gasteiger partial charge in [0.25, 0.3) is 0 Å². The van der Waals surface area contributed by atoms with Crippen LogP contribution in [0.1, 0.15) is 12.5 Å². The van der Waals surface area contributed by atoms with Crippen LogP contribution in [0.4, 0.5) is 0 Å². The molecule has 16 heavy (non-hydrogen) atoms. The Bertz CT molecular complexity index is 517. The van der Waals surface area contributed by atoms with E-state index in [2.05, 4.69) is 4.99 Å². The maximum Gasteiger partial charge on any atom is 0.363 e. The molecule has 1 heterocycles. The second-order valence-corrected chi connectivity index (χ2v) is 3.30. The summed E-state index contributed by atoms with van der Waals surface area (Å²) in [7, 11) is 0. The fraction of sp³-hybridized carbons (Fsp3) is 0.0909. The summed E-state index contributed by atoms with van der Waals surface area (Å²) in [5.41, 5.74) is 0.725. The van der Waals surface area contributed by atoms with Crippen molar-refractivity contribution in [3.8, 4) is 11.5 Å². The highest BCUT2D eigenvalue weighted by atomic mass is 16.6. The van der Waals surface area contributed by atoms with Crippen LogP contribution in [0, 0.1) is 0 Å². The summed E-state index contributed by atoms with van der Waals surface area (Å²) in [5.74, 6) is -0.693. The second kappa shape index (κ2) is 3.69. The highest BCUT2D eigenvalue weighted by molar-refractivity contribution is 6.06. The van der Waals surface area contributed by atoms with Crippen LogP contribution < -0.4 is 0 Å². The van der Waals surface area contributed by atoms with E-state index in [-0.39, 0.29) is 17.2 Å². The van der Waals surface area contributed by atoms with Crippen molar-refractivity contribution < 1.29 is 19.7 Å². The molecule has 1 aromatic carbocycles. The fourth-order valence-electron chi connectivity index (χ4n) is 1.30. The number of rotatable bonds is 1. The number of hydrogen-bond acceptors (Lipinski definition) is 5. The van der Waals surface area contributed by atoms with E-state index >= 15 is 0 Å². The predicted octanol–water partition coefficient (Wildman–Crippen LogP) is 1.41. The minimum Gasteiger partial charge on any atom is -0.504 e. The average molecular weight is 219 g/mol. The number of hydrogen-bond donors (Lipinski definition) is 2. The SMILES string of the molecule is CC1=N/C(=C\c2ccc(O)c(O)c2)C(=O)O1. The number of phenolic OH excluding ortho intramolecular Hbond substituents is 2. The smallest absolute Gasteiger partial charge is 0.363 e. The van der Waals surface area contributed by atoms with Gasteiger partial charge in [-0.3, -0.25) is 0 Å². The quantitative estimate of drug-likeness (QED) is 0.425. The van der Waals surface area contributed by atoms with E-state index in [1.54, 1.807) is 13.0 Å². The molecule has 0 fully saturated rings. The van der Waals surface area contributed by atoms with Crippen LogP contribution in [0.3, 0.4) is 0 Å². The second-order valence-electron chi connectivity index (χ2n) is 3.30. The normalized spacial score (nSPS) is 17.4. The molecule has 0 aliphatic carbocycles. The van der Waals surface area contributed by atoms with E-state index in [1.165, 1.54) is 18.2 Å². The summed E-state index contributed by atoms with van der Waals surface area (Å²) in [4.78, 5) is 15.1. The lowest BCUT2D eigenvalue weighted by Gasteiger charge is -1.98. The summed E-state index contributed by atoms with van der Waals surface area (Å²) < 4.78 is 4.73. The number of ether oxygens (including phenoxy) is 1. The molecule has 0 saturated carbocycles. The highest BCUT2D eigenvalue weighted by Gasteiger charge is 2.19. The lowest BCUT2D eigenvalue weighted by Crippen LogP contribution is -1.99. The van der Waals surface area contributed by atoms with Crippen LogP contribution in [-0.2, 0) is 9.53 Å².